The number of rotatable bonds is 7. The SMILES string of the molecule is C=C(S/C=C(\C)c1ccccc1-c1ccc(C(C)C)cc1)C1CCN(C(=O)c2sccc2C)CC1. The Kier molecular flexibility index (Phi) is 8.35. The van der Waals surface area contributed by atoms with E-state index < -0.39 is 0 Å². The molecule has 1 fully saturated rings. The van der Waals surface area contributed by atoms with Gasteiger partial charge >= 0.3 is 0 Å². The molecule has 1 saturated heterocycles. The minimum absolute atomic E-state index is 0.183. The number of allylic oxidation sites excluding steroid dienone is 2. The second kappa shape index (κ2) is 11.5. The van der Waals surface area contributed by atoms with Crippen molar-refractivity contribution in [1.29, 1.82) is 0 Å². The first-order valence-corrected chi connectivity index (χ1v) is 14.2. The van der Waals surface area contributed by atoms with E-state index in [9.17, 15) is 4.79 Å². The fourth-order valence-corrected chi connectivity index (χ4v) is 6.37. The molecule has 0 atom stereocenters. The lowest BCUT2D eigenvalue weighted by molar-refractivity contribution is 0.0709. The van der Waals surface area contributed by atoms with Crippen LogP contribution in [0.25, 0.3) is 16.7 Å². The summed E-state index contributed by atoms with van der Waals surface area (Å²) in [4.78, 5) is 16.9. The number of nitrogens with zero attached hydrogens (tertiary/aromatic N) is 1. The minimum atomic E-state index is 0.183. The Labute approximate surface area is 218 Å². The number of carbonyl (C=O) groups is 1. The standard InChI is InChI=1S/C31H35NOS2/c1-21(2)25-10-12-27(13-11-25)29-9-7-6-8-28(29)23(4)20-35-24(5)26-14-17-32(18-15-26)31(33)30-22(3)16-19-34-30/h6-13,16,19-21,26H,5,14-15,17-18H2,1-4H3/b23-20+. The van der Waals surface area contributed by atoms with Gasteiger partial charge in [0.25, 0.3) is 5.91 Å². The van der Waals surface area contributed by atoms with Crippen molar-refractivity contribution >= 4 is 34.6 Å². The molecule has 0 saturated carbocycles. The summed E-state index contributed by atoms with van der Waals surface area (Å²) in [5.74, 6) is 1.16. The van der Waals surface area contributed by atoms with Gasteiger partial charge in [-0.2, -0.15) is 0 Å². The molecule has 2 heterocycles. The number of likely N-dealkylation sites (tertiary alicyclic amines) is 1. The molecule has 0 radical (unpaired) electrons. The van der Waals surface area contributed by atoms with Gasteiger partial charge in [-0.25, -0.2) is 0 Å². The van der Waals surface area contributed by atoms with Crippen LogP contribution in [0.4, 0.5) is 0 Å². The fraction of sp³-hybridized carbons (Fsp3) is 0.323. The van der Waals surface area contributed by atoms with Crippen LogP contribution in [0.2, 0.25) is 0 Å². The Morgan fingerprint density at radius 2 is 1.77 bits per heavy atom. The van der Waals surface area contributed by atoms with Gasteiger partial charge < -0.3 is 4.90 Å². The number of aryl methyl sites for hydroxylation is 1. The molecule has 1 aliphatic rings. The second-order valence-electron chi connectivity index (χ2n) is 9.71. The Morgan fingerprint density at radius 1 is 1.09 bits per heavy atom. The van der Waals surface area contributed by atoms with Gasteiger partial charge in [0.15, 0.2) is 0 Å². The Morgan fingerprint density at radius 3 is 2.40 bits per heavy atom. The summed E-state index contributed by atoms with van der Waals surface area (Å²) >= 11 is 3.30. The zero-order chi connectivity index (χ0) is 24.9. The van der Waals surface area contributed by atoms with Crippen molar-refractivity contribution < 1.29 is 4.79 Å². The first kappa shape index (κ1) is 25.5. The summed E-state index contributed by atoms with van der Waals surface area (Å²) in [5, 5.41) is 4.25. The van der Waals surface area contributed by atoms with Crippen molar-refractivity contribution in [3.63, 3.8) is 0 Å². The van der Waals surface area contributed by atoms with Gasteiger partial charge in [-0.05, 0) is 93.7 Å². The van der Waals surface area contributed by atoms with Gasteiger partial charge in [0.2, 0.25) is 0 Å². The van der Waals surface area contributed by atoms with Crippen LogP contribution >= 0.6 is 23.1 Å². The van der Waals surface area contributed by atoms with Crippen molar-refractivity contribution in [1.82, 2.24) is 4.90 Å². The summed E-state index contributed by atoms with van der Waals surface area (Å²) in [6, 6.07) is 19.6. The number of benzene rings is 2. The molecule has 1 aliphatic heterocycles. The molecular weight excluding hydrogens is 466 g/mol. The average molecular weight is 502 g/mol. The first-order valence-electron chi connectivity index (χ1n) is 12.4. The average Bonchev–Trinajstić information content (AvgIpc) is 3.32. The summed E-state index contributed by atoms with van der Waals surface area (Å²) in [6.07, 6.45) is 1.96. The highest BCUT2D eigenvalue weighted by atomic mass is 32.2. The number of piperidine rings is 1. The Hall–Kier alpha value is -2.56. The molecule has 1 amide bonds. The van der Waals surface area contributed by atoms with Crippen LogP contribution in [-0.4, -0.2) is 23.9 Å². The molecule has 0 aliphatic carbocycles. The monoisotopic (exact) mass is 501 g/mol. The van der Waals surface area contributed by atoms with Crippen molar-refractivity contribution in [2.75, 3.05) is 13.1 Å². The van der Waals surface area contributed by atoms with Crippen LogP contribution in [0.1, 0.15) is 65.9 Å². The third-order valence-corrected chi connectivity index (χ3v) is 9.03. The van der Waals surface area contributed by atoms with Crippen LogP contribution in [-0.2, 0) is 0 Å². The number of amides is 1. The van der Waals surface area contributed by atoms with Crippen LogP contribution in [0.5, 0.6) is 0 Å². The quantitative estimate of drug-likeness (QED) is 0.322. The van der Waals surface area contributed by atoms with Gasteiger partial charge in [0.05, 0.1) is 4.88 Å². The molecule has 0 bridgehead atoms. The zero-order valence-corrected chi connectivity index (χ0v) is 22.8. The highest BCUT2D eigenvalue weighted by molar-refractivity contribution is 8.06. The molecule has 182 valence electrons. The third kappa shape index (κ3) is 5.99. The van der Waals surface area contributed by atoms with Crippen molar-refractivity contribution in [2.45, 2.75) is 46.5 Å². The Bertz CT molecular complexity index is 1210. The van der Waals surface area contributed by atoms with E-state index in [1.165, 1.54) is 32.7 Å². The van der Waals surface area contributed by atoms with Gasteiger partial charge in [-0.3, -0.25) is 4.79 Å². The molecule has 35 heavy (non-hydrogen) atoms. The number of thioether (sulfide) groups is 1. The number of hydrogen-bond acceptors (Lipinski definition) is 3. The largest absolute Gasteiger partial charge is 0.338 e. The highest BCUT2D eigenvalue weighted by Gasteiger charge is 2.26. The van der Waals surface area contributed by atoms with E-state index in [0.29, 0.717) is 11.8 Å². The van der Waals surface area contributed by atoms with Crippen LogP contribution in [0.3, 0.4) is 0 Å². The van der Waals surface area contributed by atoms with Crippen molar-refractivity contribution in [2.24, 2.45) is 5.92 Å². The van der Waals surface area contributed by atoms with Crippen LogP contribution < -0.4 is 0 Å². The number of thiophene rings is 1. The summed E-state index contributed by atoms with van der Waals surface area (Å²) < 4.78 is 0. The predicted octanol–water partition coefficient (Wildman–Crippen LogP) is 9.01. The number of hydrogen-bond donors (Lipinski definition) is 0. The van der Waals surface area contributed by atoms with E-state index in [4.69, 9.17) is 0 Å². The Balaban J connectivity index is 1.39. The molecule has 1 aromatic heterocycles. The van der Waals surface area contributed by atoms with Crippen molar-refractivity contribution in [3.8, 4) is 11.1 Å². The van der Waals surface area contributed by atoms with Gasteiger partial charge in [0.1, 0.15) is 0 Å². The molecule has 4 heteroatoms. The fourth-order valence-electron chi connectivity index (χ4n) is 4.59. The lowest BCUT2D eigenvalue weighted by atomic mass is 9.94. The lowest BCUT2D eigenvalue weighted by Crippen LogP contribution is -2.38. The summed E-state index contributed by atoms with van der Waals surface area (Å²) in [7, 11) is 0. The molecule has 2 aromatic carbocycles. The second-order valence-corrected chi connectivity index (χ2v) is 11.6. The highest BCUT2D eigenvalue weighted by Crippen LogP contribution is 2.36. The van der Waals surface area contributed by atoms with E-state index in [1.807, 2.05) is 23.3 Å². The molecule has 0 N–H and O–H groups in total. The molecule has 2 nitrogen and oxygen atoms in total. The van der Waals surface area contributed by atoms with E-state index in [1.54, 1.807) is 23.1 Å². The van der Waals surface area contributed by atoms with Gasteiger partial charge in [-0.15, -0.1) is 23.1 Å². The zero-order valence-electron chi connectivity index (χ0n) is 21.2. The van der Waals surface area contributed by atoms with Gasteiger partial charge in [0, 0.05) is 13.1 Å². The van der Waals surface area contributed by atoms with Crippen LogP contribution in [0, 0.1) is 12.8 Å². The smallest absolute Gasteiger partial charge is 0.264 e. The van der Waals surface area contributed by atoms with E-state index in [-0.39, 0.29) is 5.91 Å². The minimum Gasteiger partial charge on any atom is -0.338 e. The third-order valence-electron chi connectivity index (χ3n) is 6.92. The van der Waals surface area contributed by atoms with Crippen LogP contribution in [0.15, 0.2) is 76.9 Å². The molecule has 0 unspecified atom stereocenters. The molecule has 0 spiro atoms. The molecular formula is C31H35NOS2. The normalized spacial score (nSPS) is 15.0. The van der Waals surface area contributed by atoms with E-state index in [2.05, 4.69) is 81.3 Å². The maximum atomic E-state index is 12.8. The lowest BCUT2D eigenvalue weighted by Gasteiger charge is -2.32. The van der Waals surface area contributed by atoms with E-state index >= 15 is 0 Å². The summed E-state index contributed by atoms with van der Waals surface area (Å²) in [6.45, 7) is 14.7. The predicted molar refractivity (Wildman–Crippen MR) is 154 cm³/mol. The number of carbonyl (C=O) groups excluding carboxylic acids is 1. The maximum absolute atomic E-state index is 12.8. The summed E-state index contributed by atoms with van der Waals surface area (Å²) in [5.41, 5.74) is 7.47. The maximum Gasteiger partial charge on any atom is 0.264 e. The van der Waals surface area contributed by atoms with Gasteiger partial charge in [-0.1, -0.05) is 69.0 Å². The molecule has 3 aromatic rings. The first-order chi connectivity index (χ1) is 16.8. The van der Waals surface area contributed by atoms with Crippen molar-refractivity contribution in [3.05, 3.63) is 98.4 Å². The molecule has 4 rings (SSSR count). The van der Waals surface area contributed by atoms with E-state index in [0.717, 1.165) is 36.4 Å². The topological polar surface area (TPSA) is 20.3 Å².